The van der Waals surface area contributed by atoms with Crippen molar-refractivity contribution in [3.8, 4) is 51.3 Å². The molecule has 59 heavy (non-hydrogen) atoms. The highest BCUT2D eigenvalue weighted by atomic mass is 16.5. The van der Waals surface area contributed by atoms with Gasteiger partial charge in [0.05, 0.1) is 33.6 Å². The maximum atomic E-state index is 12.0. The molecule has 0 saturated carbocycles. The molecule has 9 rings (SSSR count). The molecular formula is C51H50N6O2. The molecule has 0 bridgehead atoms. The number of imidazole rings is 3. The van der Waals surface area contributed by atoms with E-state index >= 15 is 0 Å². The molecule has 296 valence electrons. The standard InChI is InChI=1S/C51H50N6O2/c1-49(2,3)33-24-25-42(37(27-33)32-17-11-10-12-18-32)55-31-41(38-28-34(50(4,5)6)29-39(45(38)58)51(7,8)9)54-48(55)59-36-20-15-19-35(30-36)56-46-44(23-16-26-52-46)57-43-22-14-13-21-40(43)53-47(56)57/h10-31,58H,1-9H3. The maximum absolute atomic E-state index is 12.0. The number of hydrogen-bond acceptors (Lipinski definition) is 5. The summed E-state index contributed by atoms with van der Waals surface area (Å²) in [7, 11) is 0. The predicted octanol–water partition coefficient (Wildman–Crippen LogP) is 12.7. The first kappa shape index (κ1) is 37.9. The van der Waals surface area contributed by atoms with E-state index in [0.717, 1.165) is 61.6 Å². The van der Waals surface area contributed by atoms with Gasteiger partial charge in [0.25, 0.3) is 0 Å². The predicted molar refractivity (Wildman–Crippen MR) is 240 cm³/mol. The number of benzene rings is 5. The first-order valence-electron chi connectivity index (χ1n) is 20.3. The van der Waals surface area contributed by atoms with Gasteiger partial charge in [0, 0.05) is 35.2 Å². The number of fused-ring (bicyclic) bond motifs is 5. The van der Waals surface area contributed by atoms with Gasteiger partial charge in [-0.05, 0) is 87.5 Å². The molecule has 0 spiro atoms. The number of phenolic OH excluding ortho intramolecular Hbond substituents is 1. The Hall–Kier alpha value is -6.67. The zero-order chi connectivity index (χ0) is 41.4. The van der Waals surface area contributed by atoms with Crippen LogP contribution in [-0.2, 0) is 16.2 Å². The van der Waals surface area contributed by atoms with Gasteiger partial charge in [-0.3, -0.25) is 13.5 Å². The van der Waals surface area contributed by atoms with Gasteiger partial charge in [0.15, 0.2) is 5.65 Å². The Morgan fingerprint density at radius 2 is 1.32 bits per heavy atom. The van der Waals surface area contributed by atoms with Gasteiger partial charge in [-0.15, -0.1) is 0 Å². The summed E-state index contributed by atoms with van der Waals surface area (Å²) in [5, 5.41) is 12.0. The molecule has 0 atom stereocenters. The van der Waals surface area contributed by atoms with Crippen LogP contribution in [0.25, 0.3) is 61.7 Å². The van der Waals surface area contributed by atoms with Gasteiger partial charge in [0.1, 0.15) is 11.5 Å². The lowest BCUT2D eigenvalue weighted by Gasteiger charge is -2.27. The van der Waals surface area contributed by atoms with Gasteiger partial charge in [-0.25, -0.2) is 9.97 Å². The smallest absolute Gasteiger partial charge is 0.307 e. The van der Waals surface area contributed by atoms with Crippen LogP contribution in [0.2, 0.25) is 0 Å². The lowest BCUT2D eigenvalue weighted by molar-refractivity contribution is 0.434. The van der Waals surface area contributed by atoms with Crippen molar-refractivity contribution in [3.63, 3.8) is 0 Å². The molecule has 0 unspecified atom stereocenters. The number of nitrogens with zero attached hydrogens (tertiary/aromatic N) is 6. The molecule has 5 aromatic carbocycles. The van der Waals surface area contributed by atoms with Crippen LogP contribution in [0.3, 0.4) is 0 Å². The molecule has 4 aromatic heterocycles. The number of para-hydroxylation sites is 2. The van der Waals surface area contributed by atoms with Crippen molar-refractivity contribution < 1.29 is 9.84 Å². The molecule has 9 aromatic rings. The summed E-state index contributed by atoms with van der Waals surface area (Å²) in [5.74, 6) is 1.57. The molecule has 4 heterocycles. The fraction of sp³-hybridized carbons (Fsp3) is 0.235. The van der Waals surface area contributed by atoms with E-state index in [1.165, 1.54) is 5.56 Å². The lowest BCUT2D eigenvalue weighted by Crippen LogP contribution is -2.17. The van der Waals surface area contributed by atoms with Crippen LogP contribution in [0.5, 0.6) is 17.5 Å². The number of rotatable bonds is 6. The van der Waals surface area contributed by atoms with E-state index in [2.05, 4.69) is 138 Å². The van der Waals surface area contributed by atoms with Crippen LogP contribution in [-0.4, -0.2) is 33.6 Å². The van der Waals surface area contributed by atoms with E-state index in [0.29, 0.717) is 23.0 Å². The van der Waals surface area contributed by atoms with E-state index in [-0.39, 0.29) is 22.0 Å². The second kappa shape index (κ2) is 13.7. The average molecular weight is 779 g/mol. The third-order valence-electron chi connectivity index (χ3n) is 11.2. The largest absolute Gasteiger partial charge is 0.507 e. The van der Waals surface area contributed by atoms with Crippen LogP contribution in [0.15, 0.2) is 134 Å². The fourth-order valence-corrected chi connectivity index (χ4v) is 7.89. The number of phenols is 1. The number of pyridine rings is 1. The molecule has 8 heteroatoms. The van der Waals surface area contributed by atoms with E-state index < -0.39 is 0 Å². The van der Waals surface area contributed by atoms with Gasteiger partial charge in [-0.1, -0.05) is 123 Å². The minimum absolute atomic E-state index is 0.0753. The Kier molecular flexibility index (Phi) is 8.81. The normalized spacial score (nSPS) is 12.6. The number of aromatic nitrogens is 6. The Balaban J connectivity index is 1.26. The van der Waals surface area contributed by atoms with Gasteiger partial charge in [0.2, 0.25) is 5.78 Å². The number of ether oxygens (including phenoxy) is 1. The monoisotopic (exact) mass is 778 g/mol. The molecule has 0 aliphatic heterocycles. The van der Waals surface area contributed by atoms with Crippen LogP contribution in [0.4, 0.5) is 0 Å². The van der Waals surface area contributed by atoms with Gasteiger partial charge >= 0.3 is 6.01 Å². The van der Waals surface area contributed by atoms with Crippen LogP contribution in [0.1, 0.15) is 79.0 Å². The second-order valence-corrected chi connectivity index (χ2v) is 18.6. The van der Waals surface area contributed by atoms with Crippen LogP contribution in [0, 0.1) is 0 Å². The van der Waals surface area contributed by atoms with E-state index in [1.807, 2.05) is 71.6 Å². The minimum atomic E-state index is -0.310. The third kappa shape index (κ3) is 6.72. The highest BCUT2D eigenvalue weighted by molar-refractivity contribution is 5.90. The number of aromatic hydroxyl groups is 1. The maximum Gasteiger partial charge on any atom is 0.307 e. The fourth-order valence-electron chi connectivity index (χ4n) is 7.89. The highest BCUT2D eigenvalue weighted by Crippen LogP contribution is 2.44. The van der Waals surface area contributed by atoms with Crippen LogP contribution < -0.4 is 4.74 Å². The summed E-state index contributed by atoms with van der Waals surface area (Å²) in [5.41, 5.74) is 11.5. The molecule has 0 aliphatic rings. The van der Waals surface area contributed by atoms with Crippen molar-refractivity contribution >= 4 is 28.0 Å². The zero-order valence-electron chi connectivity index (χ0n) is 35.2. The molecule has 0 radical (unpaired) electrons. The van der Waals surface area contributed by atoms with Crippen molar-refractivity contribution in [1.82, 2.24) is 28.5 Å². The molecular weight excluding hydrogens is 729 g/mol. The summed E-state index contributed by atoms with van der Waals surface area (Å²) in [4.78, 5) is 15.1. The van der Waals surface area contributed by atoms with E-state index in [4.69, 9.17) is 19.7 Å². The topological polar surface area (TPSA) is 82.4 Å². The van der Waals surface area contributed by atoms with Crippen molar-refractivity contribution in [2.45, 2.75) is 78.6 Å². The van der Waals surface area contributed by atoms with E-state index in [9.17, 15) is 5.11 Å². The highest BCUT2D eigenvalue weighted by Gasteiger charge is 2.28. The first-order valence-corrected chi connectivity index (χ1v) is 20.3. The Bertz CT molecular complexity index is 3040. The van der Waals surface area contributed by atoms with Crippen molar-refractivity contribution in [1.29, 1.82) is 0 Å². The summed E-state index contributed by atoms with van der Waals surface area (Å²) in [6, 6.07) is 41.8. The summed E-state index contributed by atoms with van der Waals surface area (Å²) < 4.78 is 13.2. The summed E-state index contributed by atoms with van der Waals surface area (Å²) in [6.07, 6.45) is 3.80. The molecule has 1 N–H and O–H groups in total. The SMILES string of the molecule is CC(C)(C)c1ccc(-n2cc(-c3cc(C(C)(C)C)cc(C(C)(C)C)c3O)nc2Oc2cccc(-n3c4ncccc4n4c5ccccc5nc34)c2)c(-c2ccccc2)c1. The van der Waals surface area contributed by atoms with Crippen molar-refractivity contribution in [2.75, 3.05) is 0 Å². The summed E-state index contributed by atoms with van der Waals surface area (Å²) >= 11 is 0. The average Bonchev–Trinajstić information content (AvgIpc) is 3.88. The zero-order valence-corrected chi connectivity index (χ0v) is 35.2. The molecule has 0 amide bonds. The minimum Gasteiger partial charge on any atom is -0.507 e. The first-order chi connectivity index (χ1) is 28.1. The third-order valence-corrected chi connectivity index (χ3v) is 11.2. The molecule has 0 saturated heterocycles. The summed E-state index contributed by atoms with van der Waals surface area (Å²) in [6.45, 7) is 19.7. The molecule has 0 aliphatic carbocycles. The van der Waals surface area contributed by atoms with Gasteiger partial charge in [-0.2, -0.15) is 4.98 Å². The second-order valence-electron chi connectivity index (χ2n) is 18.6. The lowest BCUT2D eigenvalue weighted by atomic mass is 9.78. The Morgan fingerprint density at radius 3 is 2.07 bits per heavy atom. The molecule has 0 fully saturated rings. The van der Waals surface area contributed by atoms with Crippen molar-refractivity contribution in [2.24, 2.45) is 0 Å². The van der Waals surface area contributed by atoms with Crippen LogP contribution >= 0.6 is 0 Å². The quantitative estimate of drug-likeness (QED) is 0.182. The molecule has 8 nitrogen and oxygen atoms in total. The van der Waals surface area contributed by atoms with Crippen molar-refractivity contribution in [3.05, 3.63) is 150 Å². The Morgan fingerprint density at radius 1 is 0.610 bits per heavy atom. The Labute approximate surface area is 345 Å². The van der Waals surface area contributed by atoms with Gasteiger partial charge < -0.3 is 9.84 Å². The van der Waals surface area contributed by atoms with E-state index in [1.54, 1.807) is 0 Å². The number of hydrogen-bond donors (Lipinski definition) is 1.